The maximum absolute atomic E-state index is 12.2. The van der Waals surface area contributed by atoms with Crippen molar-refractivity contribution in [3.63, 3.8) is 0 Å². The van der Waals surface area contributed by atoms with Gasteiger partial charge in [-0.25, -0.2) is 0 Å². The highest BCUT2D eigenvalue weighted by Gasteiger charge is 2.53. The van der Waals surface area contributed by atoms with Crippen molar-refractivity contribution >= 4 is 17.5 Å². The van der Waals surface area contributed by atoms with Gasteiger partial charge in [-0.05, 0) is 49.9 Å². The molecule has 108 valence electrons. The Balaban J connectivity index is 1.54. The van der Waals surface area contributed by atoms with Crippen molar-refractivity contribution in [3.8, 4) is 5.75 Å². The quantitative estimate of drug-likeness (QED) is 0.925. The molecule has 3 rings (SSSR count). The van der Waals surface area contributed by atoms with Crippen LogP contribution in [0.2, 0.25) is 5.02 Å². The molecule has 0 spiro atoms. The first-order valence-corrected chi connectivity index (χ1v) is 7.29. The van der Waals surface area contributed by atoms with Gasteiger partial charge in [-0.3, -0.25) is 4.79 Å². The van der Waals surface area contributed by atoms with Crippen LogP contribution in [0, 0.1) is 5.92 Å². The first kappa shape index (κ1) is 13.7. The van der Waals surface area contributed by atoms with Crippen LogP contribution in [-0.4, -0.2) is 40.7 Å². The number of carbonyl (C=O) groups excluding carboxylic acids is 1. The smallest absolute Gasteiger partial charge is 0.263 e. The molecule has 1 aromatic rings. The normalized spacial score (nSPS) is 22.1. The molecule has 2 aliphatic rings. The fourth-order valence-corrected chi connectivity index (χ4v) is 2.80. The highest BCUT2D eigenvalue weighted by molar-refractivity contribution is 6.30. The van der Waals surface area contributed by atoms with Crippen molar-refractivity contribution in [1.82, 2.24) is 4.90 Å². The summed E-state index contributed by atoms with van der Waals surface area (Å²) < 4.78 is 5.60. The zero-order valence-corrected chi connectivity index (χ0v) is 12.1. The van der Waals surface area contributed by atoms with Crippen LogP contribution in [0.25, 0.3) is 0 Å². The maximum Gasteiger partial charge on any atom is 0.263 e. The van der Waals surface area contributed by atoms with Crippen LogP contribution in [0.3, 0.4) is 0 Å². The van der Waals surface area contributed by atoms with Gasteiger partial charge in [-0.2, -0.15) is 0 Å². The standard InChI is InChI=1S/C15H18ClNO3/c1-10(20-13-6-4-12(16)5-7-13)14(18)17-8-15(19,9-17)11-2-3-11/h4-7,10-11,19H,2-3,8-9H2,1H3. The number of β-amino-alcohol motifs (C(OH)–C–C–N with tert-alkyl or cyclic N) is 1. The maximum atomic E-state index is 12.2. The number of carbonyl (C=O) groups is 1. The van der Waals surface area contributed by atoms with Crippen molar-refractivity contribution in [2.24, 2.45) is 5.92 Å². The first-order chi connectivity index (χ1) is 9.48. The average Bonchev–Trinajstić information content (AvgIpc) is 3.21. The summed E-state index contributed by atoms with van der Waals surface area (Å²) in [5, 5.41) is 10.9. The van der Waals surface area contributed by atoms with E-state index in [1.54, 1.807) is 36.1 Å². The number of amides is 1. The Kier molecular flexibility index (Phi) is 3.38. The molecule has 20 heavy (non-hydrogen) atoms. The Labute approximate surface area is 123 Å². The van der Waals surface area contributed by atoms with Gasteiger partial charge in [0.05, 0.1) is 13.1 Å². The molecule has 0 aromatic heterocycles. The van der Waals surface area contributed by atoms with Crippen molar-refractivity contribution in [3.05, 3.63) is 29.3 Å². The molecule has 1 amide bonds. The molecule has 1 aromatic carbocycles. The number of hydrogen-bond donors (Lipinski definition) is 1. The van der Waals surface area contributed by atoms with Crippen LogP contribution >= 0.6 is 11.6 Å². The van der Waals surface area contributed by atoms with Gasteiger partial charge in [0.25, 0.3) is 5.91 Å². The lowest BCUT2D eigenvalue weighted by molar-refractivity contribution is -0.165. The number of ether oxygens (including phenoxy) is 1. The lowest BCUT2D eigenvalue weighted by atomic mass is 9.88. The number of hydrogen-bond acceptors (Lipinski definition) is 3. The number of rotatable bonds is 4. The number of benzene rings is 1. The van der Waals surface area contributed by atoms with E-state index in [2.05, 4.69) is 0 Å². The topological polar surface area (TPSA) is 49.8 Å². The fraction of sp³-hybridized carbons (Fsp3) is 0.533. The molecule has 1 unspecified atom stereocenters. The summed E-state index contributed by atoms with van der Waals surface area (Å²) in [6, 6.07) is 6.93. The molecule has 1 aliphatic carbocycles. The lowest BCUT2D eigenvalue weighted by Gasteiger charge is -2.47. The second kappa shape index (κ2) is 4.93. The summed E-state index contributed by atoms with van der Waals surface area (Å²) in [5.74, 6) is 0.928. The Bertz CT molecular complexity index is 506. The van der Waals surface area contributed by atoms with Gasteiger partial charge < -0.3 is 14.7 Å². The molecular weight excluding hydrogens is 278 g/mol. The summed E-state index contributed by atoms with van der Waals surface area (Å²) in [4.78, 5) is 13.9. The number of halogens is 1. The minimum Gasteiger partial charge on any atom is -0.481 e. The predicted octanol–water partition coefficient (Wildman–Crippen LogP) is 2.09. The Morgan fingerprint density at radius 1 is 1.40 bits per heavy atom. The second-order valence-corrected chi connectivity index (χ2v) is 6.22. The van der Waals surface area contributed by atoms with E-state index in [4.69, 9.17) is 16.3 Å². The molecule has 0 bridgehead atoms. The summed E-state index contributed by atoms with van der Waals surface area (Å²) in [5.41, 5.74) is -0.643. The van der Waals surface area contributed by atoms with E-state index in [1.165, 1.54) is 0 Å². The molecule has 1 saturated heterocycles. The molecule has 5 heteroatoms. The third-order valence-corrected chi connectivity index (χ3v) is 4.30. The van der Waals surface area contributed by atoms with Crippen LogP contribution in [0.4, 0.5) is 0 Å². The van der Waals surface area contributed by atoms with Crippen molar-refractivity contribution in [2.45, 2.75) is 31.5 Å². The summed E-state index contributed by atoms with van der Waals surface area (Å²) >= 11 is 5.80. The van der Waals surface area contributed by atoms with E-state index in [-0.39, 0.29) is 5.91 Å². The molecular formula is C15H18ClNO3. The Hall–Kier alpha value is -1.26. The van der Waals surface area contributed by atoms with Gasteiger partial charge in [0.15, 0.2) is 6.10 Å². The van der Waals surface area contributed by atoms with E-state index < -0.39 is 11.7 Å². The van der Waals surface area contributed by atoms with Crippen LogP contribution in [0.5, 0.6) is 5.75 Å². The number of likely N-dealkylation sites (tertiary alicyclic amines) is 1. The van der Waals surface area contributed by atoms with Gasteiger partial charge in [0.2, 0.25) is 0 Å². The predicted molar refractivity (Wildman–Crippen MR) is 75.8 cm³/mol. The minimum atomic E-state index is -0.643. The Morgan fingerprint density at radius 3 is 2.55 bits per heavy atom. The van der Waals surface area contributed by atoms with Gasteiger partial charge in [0.1, 0.15) is 11.4 Å². The molecule has 4 nitrogen and oxygen atoms in total. The molecule has 2 fully saturated rings. The van der Waals surface area contributed by atoms with E-state index in [1.807, 2.05) is 0 Å². The Morgan fingerprint density at radius 2 is 2.00 bits per heavy atom. The minimum absolute atomic E-state index is 0.0784. The highest BCUT2D eigenvalue weighted by atomic mass is 35.5. The van der Waals surface area contributed by atoms with Gasteiger partial charge in [-0.1, -0.05) is 11.6 Å². The van der Waals surface area contributed by atoms with Crippen molar-refractivity contribution in [1.29, 1.82) is 0 Å². The number of aliphatic hydroxyl groups is 1. The second-order valence-electron chi connectivity index (χ2n) is 5.79. The molecule has 1 saturated carbocycles. The van der Waals surface area contributed by atoms with Crippen LogP contribution in [0.15, 0.2) is 24.3 Å². The van der Waals surface area contributed by atoms with Gasteiger partial charge in [0, 0.05) is 5.02 Å². The van der Waals surface area contributed by atoms with Crippen LogP contribution in [-0.2, 0) is 4.79 Å². The van der Waals surface area contributed by atoms with Crippen molar-refractivity contribution < 1.29 is 14.6 Å². The molecule has 1 N–H and O–H groups in total. The highest BCUT2D eigenvalue weighted by Crippen LogP contribution is 2.44. The van der Waals surface area contributed by atoms with Crippen LogP contribution < -0.4 is 4.74 Å². The largest absolute Gasteiger partial charge is 0.481 e. The SMILES string of the molecule is CC(Oc1ccc(Cl)cc1)C(=O)N1CC(O)(C2CC2)C1. The summed E-state index contributed by atoms with van der Waals surface area (Å²) in [6.07, 6.45) is 1.60. The lowest BCUT2D eigenvalue weighted by Crippen LogP contribution is -2.66. The molecule has 1 heterocycles. The van der Waals surface area contributed by atoms with Crippen LogP contribution in [0.1, 0.15) is 19.8 Å². The summed E-state index contributed by atoms with van der Waals surface area (Å²) in [7, 11) is 0. The van der Waals surface area contributed by atoms with E-state index in [0.717, 1.165) is 12.8 Å². The third kappa shape index (κ3) is 2.63. The van der Waals surface area contributed by atoms with E-state index in [9.17, 15) is 9.90 Å². The van der Waals surface area contributed by atoms with E-state index >= 15 is 0 Å². The molecule has 1 atom stereocenters. The zero-order valence-electron chi connectivity index (χ0n) is 11.4. The zero-order chi connectivity index (χ0) is 14.3. The summed E-state index contributed by atoms with van der Waals surface area (Å²) in [6.45, 7) is 2.60. The average molecular weight is 296 g/mol. The fourth-order valence-electron chi connectivity index (χ4n) is 2.67. The molecule has 0 radical (unpaired) electrons. The van der Waals surface area contributed by atoms with Gasteiger partial charge >= 0.3 is 0 Å². The van der Waals surface area contributed by atoms with E-state index in [0.29, 0.717) is 29.8 Å². The van der Waals surface area contributed by atoms with Crippen molar-refractivity contribution in [2.75, 3.05) is 13.1 Å². The third-order valence-electron chi connectivity index (χ3n) is 4.05. The van der Waals surface area contributed by atoms with Gasteiger partial charge in [-0.15, -0.1) is 0 Å². The number of nitrogens with zero attached hydrogens (tertiary/aromatic N) is 1. The first-order valence-electron chi connectivity index (χ1n) is 6.91. The molecule has 1 aliphatic heterocycles. The monoisotopic (exact) mass is 295 g/mol.